The zero-order chi connectivity index (χ0) is 14.3. The number of fused-ring (bicyclic) bond motifs is 1. The highest BCUT2D eigenvalue weighted by Crippen LogP contribution is 2.41. The van der Waals surface area contributed by atoms with E-state index in [4.69, 9.17) is 4.74 Å². The van der Waals surface area contributed by atoms with E-state index < -0.39 is 23.8 Å². The van der Waals surface area contributed by atoms with E-state index in [0.717, 1.165) is 17.2 Å². The predicted octanol–water partition coefficient (Wildman–Crippen LogP) is 3.83. The molecule has 3 rings (SSSR count). The first-order valence-corrected chi connectivity index (χ1v) is 6.44. The van der Waals surface area contributed by atoms with Crippen molar-refractivity contribution in [2.45, 2.75) is 25.6 Å². The van der Waals surface area contributed by atoms with E-state index in [9.17, 15) is 13.9 Å². The van der Waals surface area contributed by atoms with Gasteiger partial charge in [0.25, 0.3) is 0 Å². The van der Waals surface area contributed by atoms with Gasteiger partial charge in [-0.15, -0.1) is 0 Å². The summed E-state index contributed by atoms with van der Waals surface area (Å²) in [5.41, 5.74) is 2.15. The van der Waals surface area contributed by atoms with Crippen LogP contribution in [0.25, 0.3) is 0 Å². The van der Waals surface area contributed by atoms with E-state index >= 15 is 0 Å². The topological polar surface area (TPSA) is 29.5 Å². The molecule has 1 aliphatic heterocycles. The molecule has 0 fully saturated rings. The molecular formula is C16H14F2O2. The van der Waals surface area contributed by atoms with Crippen molar-refractivity contribution < 1.29 is 18.6 Å². The molecule has 1 aliphatic rings. The first-order valence-electron chi connectivity index (χ1n) is 6.44. The lowest BCUT2D eigenvalue weighted by atomic mass is 9.94. The highest BCUT2D eigenvalue weighted by atomic mass is 19.1. The number of ether oxygens (including phenoxy) is 1. The van der Waals surface area contributed by atoms with Gasteiger partial charge < -0.3 is 9.84 Å². The van der Waals surface area contributed by atoms with E-state index in [1.54, 1.807) is 6.07 Å². The Kier molecular flexibility index (Phi) is 3.18. The lowest BCUT2D eigenvalue weighted by Gasteiger charge is -2.30. The average Bonchev–Trinajstić information content (AvgIpc) is 2.38. The van der Waals surface area contributed by atoms with Crippen molar-refractivity contribution in [3.8, 4) is 5.75 Å². The van der Waals surface area contributed by atoms with Crippen LogP contribution in [0.2, 0.25) is 0 Å². The molecule has 1 heterocycles. The molecule has 2 aromatic carbocycles. The third-order valence-corrected chi connectivity index (χ3v) is 3.49. The Balaban J connectivity index is 1.96. The predicted molar refractivity (Wildman–Crippen MR) is 70.5 cm³/mol. The fraction of sp³-hybridized carbons (Fsp3) is 0.250. The lowest BCUT2D eigenvalue weighted by molar-refractivity contribution is 0.0653. The molecule has 0 saturated heterocycles. The number of hydrogen-bond acceptors (Lipinski definition) is 2. The third-order valence-electron chi connectivity index (χ3n) is 3.49. The zero-order valence-electron chi connectivity index (χ0n) is 10.9. The maximum atomic E-state index is 13.3. The molecule has 4 heteroatoms. The number of benzene rings is 2. The molecule has 0 bridgehead atoms. The second kappa shape index (κ2) is 4.87. The minimum Gasteiger partial charge on any atom is -0.485 e. The van der Waals surface area contributed by atoms with Gasteiger partial charge in [-0.3, -0.25) is 0 Å². The van der Waals surface area contributed by atoms with E-state index in [2.05, 4.69) is 0 Å². The Morgan fingerprint density at radius 1 is 1.10 bits per heavy atom. The standard InChI is InChI=1S/C16H14F2O2/c1-9-2-3-15-13(4-9)14(19)8-16(20-15)10-5-11(17)7-12(18)6-10/h2-7,14,16,19H,8H2,1H3. The summed E-state index contributed by atoms with van der Waals surface area (Å²) in [5.74, 6) is -0.732. The number of aliphatic hydroxyl groups is 1. The SMILES string of the molecule is Cc1ccc2c(c1)C(O)CC(c1cc(F)cc(F)c1)O2. The van der Waals surface area contributed by atoms with Gasteiger partial charge >= 0.3 is 0 Å². The van der Waals surface area contributed by atoms with Crippen LogP contribution in [0.1, 0.15) is 35.3 Å². The molecule has 0 saturated carbocycles. The molecule has 20 heavy (non-hydrogen) atoms. The van der Waals surface area contributed by atoms with E-state index in [0.29, 0.717) is 11.3 Å². The molecule has 2 unspecified atom stereocenters. The summed E-state index contributed by atoms with van der Waals surface area (Å²) >= 11 is 0. The Morgan fingerprint density at radius 3 is 2.50 bits per heavy atom. The van der Waals surface area contributed by atoms with E-state index in [1.807, 2.05) is 19.1 Å². The number of aryl methyl sites for hydroxylation is 1. The summed E-state index contributed by atoms with van der Waals surface area (Å²) in [6.45, 7) is 1.93. The van der Waals surface area contributed by atoms with Crippen molar-refractivity contribution >= 4 is 0 Å². The number of halogens is 2. The molecule has 0 spiro atoms. The summed E-state index contributed by atoms with van der Waals surface area (Å²) in [4.78, 5) is 0. The largest absolute Gasteiger partial charge is 0.485 e. The van der Waals surface area contributed by atoms with E-state index in [-0.39, 0.29) is 6.42 Å². The number of hydrogen-bond donors (Lipinski definition) is 1. The maximum Gasteiger partial charge on any atom is 0.127 e. The fourth-order valence-electron chi connectivity index (χ4n) is 2.53. The average molecular weight is 276 g/mol. The van der Waals surface area contributed by atoms with Crippen LogP contribution >= 0.6 is 0 Å². The highest BCUT2D eigenvalue weighted by Gasteiger charge is 2.28. The number of aliphatic hydroxyl groups excluding tert-OH is 1. The van der Waals surface area contributed by atoms with Crippen molar-refractivity contribution in [3.63, 3.8) is 0 Å². The molecule has 0 aromatic heterocycles. The van der Waals surface area contributed by atoms with Gasteiger partial charge in [-0.25, -0.2) is 8.78 Å². The summed E-state index contributed by atoms with van der Waals surface area (Å²) in [7, 11) is 0. The second-order valence-corrected chi connectivity index (χ2v) is 5.10. The molecular weight excluding hydrogens is 262 g/mol. The molecule has 2 nitrogen and oxygen atoms in total. The Morgan fingerprint density at radius 2 is 1.80 bits per heavy atom. The maximum absolute atomic E-state index is 13.3. The fourth-order valence-corrected chi connectivity index (χ4v) is 2.53. The first-order chi connectivity index (χ1) is 9.52. The molecule has 0 aliphatic carbocycles. The monoisotopic (exact) mass is 276 g/mol. The smallest absolute Gasteiger partial charge is 0.127 e. The Hall–Kier alpha value is -1.94. The summed E-state index contributed by atoms with van der Waals surface area (Å²) in [6, 6.07) is 8.80. The molecule has 0 radical (unpaired) electrons. The summed E-state index contributed by atoms with van der Waals surface area (Å²) in [6.07, 6.45) is -0.973. The van der Waals surface area contributed by atoms with Crippen molar-refractivity contribution in [3.05, 3.63) is 64.7 Å². The van der Waals surface area contributed by atoms with Crippen LogP contribution < -0.4 is 4.74 Å². The zero-order valence-corrected chi connectivity index (χ0v) is 10.9. The summed E-state index contributed by atoms with van der Waals surface area (Å²) in [5, 5.41) is 10.2. The Labute approximate surface area is 115 Å². The first kappa shape index (κ1) is 13.1. The molecule has 1 N–H and O–H groups in total. The van der Waals surface area contributed by atoms with Gasteiger partial charge in [0.05, 0.1) is 6.10 Å². The molecule has 0 amide bonds. The lowest BCUT2D eigenvalue weighted by Crippen LogP contribution is -2.19. The molecule has 2 atom stereocenters. The third kappa shape index (κ3) is 2.39. The van der Waals surface area contributed by atoms with Crippen molar-refractivity contribution in [1.82, 2.24) is 0 Å². The van der Waals surface area contributed by atoms with Crippen molar-refractivity contribution in [2.75, 3.05) is 0 Å². The molecule has 104 valence electrons. The molecule has 2 aromatic rings. The minimum atomic E-state index is -0.699. The van der Waals surface area contributed by atoms with Crippen LogP contribution in [0.5, 0.6) is 5.75 Å². The van der Waals surface area contributed by atoms with Crippen LogP contribution in [0.3, 0.4) is 0 Å². The normalized spacial score (nSPS) is 21.2. The van der Waals surface area contributed by atoms with Crippen molar-refractivity contribution in [1.29, 1.82) is 0 Å². The van der Waals surface area contributed by atoms with Crippen LogP contribution in [-0.2, 0) is 0 Å². The van der Waals surface area contributed by atoms with Gasteiger partial charge in [-0.2, -0.15) is 0 Å². The highest BCUT2D eigenvalue weighted by molar-refractivity contribution is 5.41. The quantitative estimate of drug-likeness (QED) is 0.857. The second-order valence-electron chi connectivity index (χ2n) is 5.10. The van der Waals surface area contributed by atoms with Gasteiger partial charge in [-0.05, 0) is 36.8 Å². The van der Waals surface area contributed by atoms with Gasteiger partial charge in [0.2, 0.25) is 0 Å². The van der Waals surface area contributed by atoms with Gasteiger partial charge in [0.1, 0.15) is 23.5 Å². The van der Waals surface area contributed by atoms with Crippen LogP contribution in [0.15, 0.2) is 36.4 Å². The summed E-state index contributed by atoms with van der Waals surface area (Å²) < 4.78 is 32.3. The van der Waals surface area contributed by atoms with Gasteiger partial charge in [0, 0.05) is 18.1 Å². The van der Waals surface area contributed by atoms with E-state index in [1.165, 1.54) is 12.1 Å². The number of rotatable bonds is 1. The van der Waals surface area contributed by atoms with Crippen LogP contribution in [-0.4, -0.2) is 5.11 Å². The van der Waals surface area contributed by atoms with Gasteiger partial charge in [0.15, 0.2) is 0 Å². The minimum absolute atomic E-state index is 0.277. The van der Waals surface area contributed by atoms with Crippen molar-refractivity contribution in [2.24, 2.45) is 0 Å². The van der Waals surface area contributed by atoms with Crippen LogP contribution in [0, 0.1) is 18.6 Å². The van der Waals surface area contributed by atoms with Crippen LogP contribution in [0.4, 0.5) is 8.78 Å². The Bertz CT molecular complexity index is 635. The van der Waals surface area contributed by atoms with Gasteiger partial charge in [-0.1, -0.05) is 11.6 Å².